The lowest BCUT2D eigenvalue weighted by molar-refractivity contribution is 0.270. The van der Waals surface area contributed by atoms with Crippen LogP contribution in [0.25, 0.3) is 0 Å². The van der Waals surface area contributed by atoms with Crippen molar-refractivity contribution in [3.63, 3.8) is 0 Å². The van der Waals surface area contributed by atoms with Gasteiger partial charge in [-0.05, 0) is 30.3 Å². The Bertz CT molecular complexity index is 418. The van der Waals surface area contributed by atoms with Crippen LogP contribution in [0.1, 0.15) is 19.4 Å². The Morgan fingerprint density at radius 3 is 2.83 bits per heavy atom. The summed E-state index contributed by atoms with van der Waals surface area (Å²) in [6.45, 7) is 4.92. The molecule has 0 saturated carbocycles. The number of hydrogen-bond acceptors (Lipinski definition) is 3. The molecular formula is C13H19N3OS. The maximum absolute atomic E-state index is 5.71. The Morgan fingerprint density at radius 2 is 2.17 bits per heavy atom. The molecule has 4 nitrogen and oxygen atoms in total. The zero-order valence-corrected chi connectivity index (χ0v) is 11.8. The predicted molar refractivity (Wildman–Crippen MR) is 79.2 cm³/mol. The third-order valence-corrected chi connectivity index (χ3v) is 2.38. The molecular weight excluding hydrogens is 246 g/mol. The average molecular weight is 265 g/mol. The van der Waals surface area contributed by atoms with Crippen LogP contribution >= 0.6 is 12.2 Å². The minimum Gasteiger partial charge on any atom is -0.493 e. The molecule has 1 aromatic carbocycles. The van der Waals surface area contributed by atoms with Gasteiger partial charge in [0.25, 0.3) is 0 Å². The molecule has 0 amide bonds. The first kappa shape index (κ1) is 14.4. The minimum absolute atomic E-state index is 0.479. The summed E-state index contributed by atoms with van der Waals surface area (Å²) in [5, 5.41) is 7.30. The van der Waals surface area contributed by atoms with Crippen LogP contribution in [-0.4, -0.2) is 25.0 Å². The van der Waals surface area contributed by atoms with E-state index < -0.39 is 0 Å². The number of thiocarbonyl (C=S) groups is 1. The quantitative estimate of drug-likeness (QED) is 0.486. The number of hydrogen-bond donors (Lipinski definition) is 2. The summed E-state index contributed by atoms with van der Waals surface area (Å²) < 4.78 is 5.71. The van der Waals surface area contributed by atoms with E-state index in [2.05, 4.69) is 29.7 Å². The third-order valence-electron chi connectivity index (χ3n) is 2.09. The molecule has 1 aromatic rings. The van der Waals surface area contributed by atoms with E-state index in [0.717, 1.165) is 11.3 Å². The van der Waals surface area contributed by atoms with E-state index in [1.54, 1.807) is 13.3 Å². The lowest BCUT2D eigenvalue weighted by Gasteiger charge is -2.10. The van der Waals surface area contributed by atoms with Gasteiger partial charge in [-0.2, -0.15) is 5.10 Å². The second-order valence-corrected chi connectivity index (χ2v) is 4.60. The Balaban J connectivity index is 2.66. The predicted octanol–water partition coefficient (Wildman–Crippen LogP) is 2.15. The molecule has 0 heterocycles. The van der Waals surface area contributed by atoms with Gasteiger partial charge in [-0.15, -0.1) is 0 Å². The minimum atomic E-state index is 0.479. The Morgan fingerprint density at radius 1 is 1.44 bits per heavy atom. The SMILES string of the molecule is CNC(=S)N/N=C\c1ccccc1OCC(C)C. The van der Waals surface area contributed by atoms with Gasteiger partial charge in [0.1, 0.15) is 5.75 Å². The van der Waals surface area contributed by atoms with Crippen molar-refractivity contribution in [2.75, 3.05) is 13.7 Å². The van der Waals surface area contributed by atoms with E-state index in [4.69, 9.17) is 17.0 Å². The van der Waals surface area contributed by atoms with E-state index in [9.17, 15) is 0 Å². The molecule has 5 heteroatoms. The molecule has 1 rings (SSSR count). The molecule has 0 atom stereocenters. The normalized spacial score (nSPS) is 10.7. The van der Waals surface area contributed by atoms with E-state index in [1.165, 1.54) is 0 Å². The number of rotatable bonds is 5. The highest BCUT2D eigenvalue weighted by Crippen LogP contribution is 2.16. The van der Waals surface area contributed by atoms with Crippen LogP contribution in [0.3, 0.4) is 0 Å². The van der Waals surface area contributed by atoms with E-state index in [0.29, 0.717) is 17.6 Å². The van der Waals surface area contributed by atoms with Crippen LogP contribution in [0.15, 0.2) is 29.4 Å². The van der Waals surface area contributed by atoms with Gasteiger partial charge >= 0.3 is 0 Å². The molecule has 18 heavy (non-hydrogen) atoms. The summed E-state index contributed by atoms with van der Waals surface area (Å²) >= 11 is 4.92. The fourth-order valence-corrected chi connectivity index (χ4v) is 1.24. The highest BCUT2D eigenvalue weighted by atomic mass is 32.1. The maximum atomic E-state index is 5.71. The van der Waals surface area contributed by atoms with Gasteiger partial charge in [0.05, 0.1) is 12.8 Å². The number of benzene rings is 1. The number of nitrogens with one attached hydrogen (secondary N) is 2. The standard InChI is InChI=1S/C13H19N3OS/c1-10(2)9-17-12-7-5-4-6-11(12)8-15-16-13(18)14-3/h4-8,10H,9H2,1-3H3,(H2,14,16,18)/b15-8-. The highest BCUT2D eigenvalue weighted by Gasteiger charge is 2.01. The van der Waals surface area contributed by atoms with E-state index in [-0.39, 0.29) is 0 Å². The summed E-state index contributed by atoms with van der Waals surface area (Å²) in [7, 11) is 1.74. The van der Waals surface area contributed by atoms with Crippen molar-refractivity contribution in [2.45, 2.75) is 13.8 Å². The molecule has 0 radical (unpaired) electrons. The van der Waals surface area contributed by atoms with Gasteiger partial charge in [-0.25, -0.2) is 0 Å². The largest absolute Gasteiger partial charge is 0.493 e. The number of hydrazone groups is 1. The van der Waals surface area contributed by atoms with Crippen molar-refractivity contribution < 1.29 is 4.74 Å². The lowest BCUT2D eigenvalue weighted by Crippen LogP contribution is -2.28. The molecule has 2 N–H and O–H groups in total. The molecule has 0 saturated heterocycles. The van der Waals surface area contributed by atoms with Crippen LogP contribution in [0.2, 0.25) is 0 Å². The number of para-hydroxylation sites is 1. The first-order valence-corrected chi connectivity index (χ1v) is 6.27. The highest BCUT2D eigenvalue weighted by molar-refractivity contribution is 7.80. The van der Waals surface area contributed by atoms with Crippen LogP contribution in [0, 0.1) is 5.92 Å². The molecule has 0 aliphatic heterocycles. The molecule has 0 fully saturated rings. The van der Waals surface area contributed by atoms with Crippen molar-refractivity contribution in [1.29, 1.82) is 0 Å². The van der Waals surface area contributed by atoms with E-state index >= 15 is 0 Å². The van der Waals surface area contributed by atoms with Gasteiger partial charge in [0.2, 0.25) is 0 Å². The van der Waals surface area contributed by atoms with Crippen molar-refractivity contribution >= 4 is 23.5 Å². The van der Waals surface area contributed by atoms with Gasteiger partial charge in [-0.1, -0.05) is 26.0 Å². The molecule has 0 aromatic heterocycles. The van der Waals surface area contributed by atoms with Gasteiger partial charge in [0, 0.05) is 12.6 Å². The topological polar surface area (TPSA) is 45.7 Å². The summed E-state index contributed by atoms with van der Waals surface area (Å²) in [4.78, 5) is 0. The second-order valence-electron chi connectivity index (χ2n) is 4.19. The summed E-state index contributed by atoms with van der Waals surface area (Å²) in [6, 6.07) is 7.77. The average Bonchev–Trinajstić information content (AvgIpc) is 2.37. The van der Waals surface area contributed by atoms with Crippen molar-refractivity contribution in [2.24, 2.45) is 11.0 Å². The molecule has 0 unspecified atom stereocenters. The Kier molecular flexibility index (Phi) is 6.14. The van der Waals surface area contributed by atoms with Crippen molar-refractivity contribution in [3.8, 4) is 5.75 Å². The van der Waals surface area contributed by atoms with Gasteiger partial charge < -0.3 is 10.1 Å². The van der Waals surface area contributed by atoms with Crippen LogP contribution in [-0.2, 0) is 0 Å². The monoisotopic (exact) mass is 265 g/mol. The first-order valence-electron chi connectivity index (χ1n) is 5.86. The molecule has 0 aliphatic carbocycles. The van der Waals surface area contributed by atoms with Crippen LogP contribution < -0.4 is 15.5 Å². The fraction of sp³-hybridized carbons (Fsp3) is 0.385. The fourth-order valence-electron chi connectivity index (χ4n) is 1.19. The number of ether oxygens (including phenoxy) is 1. The molecule has 0 spiro atoms. The Labute approximate surface area is 113 Å². The summed E-state index contributed by atoms with van der Waals surface area (Å²) in [5.41, 5.74) is 3.63. The smallest absolute Gasteiger partial charge is 0.186 e. The van der Waals surface area contributed by atoms with Crippen LogP contribution in [0.5, 0.6) is 5.75 Å². The maximum Gasteiger partial charge on any atom is 0.186 e. The molecule has 98 valence electrons. The van der Waals surface area contributed by atoms with Gasteiger partial charge in [-0.3, -0.25) is 5.43 Å². The third kappa shape index (κ3) is 5.14. The molecule has 0 bridgehead atoms. The van der Waals surface area contributed by atoms with E-state index in [1.807, 2.05) is 24.3 Å². The van der Waals surface area contributed by atoms with Crippen molar-refractivity contribution in [1.82, 2.24) is 10.7 Å². The zero-order valence-electron chi connectivity index (χ0n) is 10.9. The van der Waals surface area contributed by atoms with Crippen LogP contribution in [0.4, 0.5) is 0 Å². The van der Waals surface area contributed by atoms with Crippen molar-refractivity contribution in [3.05, 3.63) is 29.8 Å². The second kappa shape index (κ2) is 7.66. The summed E-state index contributed by atoms with van der Waals surface area (Å²) in [5.74, 6) is 1.32. The zero-order chi connectivity index (χ0) is 13.4. The van der Waals surface area contributed by atoms with Gasteiger partial charge in [0.15, 0.2) is 5.11 Å². The molecule has 0 aliphatic rings. The Hall–Kier alpha value is -1.62. The summed E-state index contributed by atoms with van der Waals surface area (Å²) in [6.07, 6.45) is 1.69. The first-order chi connectivity index (χ1) is 8.63. The number of nitrogens with zero attached hydrogens (tertiary/aromatic N) is 1. The lowest BCUT2D eigenvalue weighted by atomic mass is 10.2.